The molecule has 5 nitrogen and oxygen atoms in total. The van der Waals surface area contributed by atoms with Crippen molar-refractivity contribution in [2.45, 2.75) is 0 Å². The third-order valence-electron chi connectivity index (χ3n) is 0. The van der Waals surface area contributed by atoms with Gasteiger partial charge >= 0.3 is 42.8 Å². The van der Waals surface area contributed by atoms with Crippen LogP contribution in [0.5, 0.6) is 0 Å². The normalized spacial score (nSPS) is 0. The van der Waals surface area contributed by atoms with E-state index in [1.807, 2.05) is 0 Å². The zero-order valence-corrected chi connectivity index (χ0v) is 6.52. The van der Waals surface area contributed by atoms with Crippen LogP contribution in [0, 0.1) is 0 Å². The minimum atomic E-state index is 0. The van der Waals surface area contributed by atoms with Crippen molar-refractivity contribution in [2.75, 3.05) is 0 Å². The van der Waals surface area contributed by atoms with E-state index in [9.17, 15) is 0 Å². The van der Waals surface area contributed by atoms with Gasteiger partial charge in [0.15, 0.2) is 0 Å². The summed E-state index contributed by atoms with van der Waals surface area (Å²) >= 11 is 0. The van der Waals surface area contributed by atoms with Crippen LogP contribution in [0.3, 0.4) is 0 Å². The van der Waals surface area contributed by atoms with E-state index in [1.165, 1.54) is 0 Å². The Morgan fingerprint density at radius 1 is 0.429 bits per heavy atom. The first-order valence-corrected chi connectivity index (χ1v) is 0. The molecule has 7 heavy (non-hydrogen) atoms. The Balaban J connectivity index is 0. The fraction of sp³-hybridized carbons (Fsp3) is 0. The standard InChI is InChI=1S/Mo.5O.Ti/q+6;5*-2;+4. The second-order valence-electron chi connectivity index (χ2n) is 0. The van der Waals surface area contributed by atoms with Gasteiger partial charge < -0.3 is 27.4 Å². The Labute approximate surface area is 70.2 Å². The van der Waals surface area contributed by atoms with Crippen molar-refractivity contribution in [2.24, 2.45) is 0 Å². The van der Waals surface area contributed by atoms with Gasteiger partial charge in [0.05, 0.1) is 0 Å². The summed E-state index contributed by atoms with van der Waals surface area (Å²) < 4.78 is 0. The Kier molecular flexibility index (Phi) is 8050. The van der Waals surface area contributed by atoms with Gasteiger partial charge in [-0.25, -0.2) is 0 Å². The maximum atomic E-state index is 0. The molecule has 0 unspecified atom stereocenters. The Morgan fingerprint density at radius 2 is 0.429 bits per heavy atom. The molecule has 0 radical (unpaired) electrons. The predicted molar refractivity (Wildman–Crippen MR) is 3.43 cm³/mol. The van der Waals surface area contributed by atoms with Crippen molar-refractivity contribution in [1.82, 2.24) is 0 Å². The SMILES string of the molecule is [Mo+6].[O-2].[O-2].[O-2].[O-2].[O-2].[Ti+4]. The van der Waals surface area contributed by atoms with Gasteiger partial charge in [-0.3, -0.25) is 0 Å². The summed E-state index contributed by atoms with van der Waals surface area (Å²) in [7, 11) is 0. The monoisotopic (exact) mass is 226 g/mol. The molecule has 0 heterocycles. The predicted octanol–water partition coefficient (Wildman–Crippen LogP) is -0.599. The molecule has 0 rings (SSSR count). The smallest absolute Gasteiger partial charge is 2.00 e. The molecule has 0 aliphatic carbocycles. The maximum Gasteiger partial charge on any atom is 6.00 e. The topological polar surface area (TPSA) is 142 Å². The average molecular weight is 224 g/mol. The Bertz CT molecular complexity index is 8.04. The van der Waals surface area contributed by atoms with Crippen LogP contribution < -0.4 is 0 Å². The summed E-state index contributed by atoms with van der Waals surface area (Å²) in [6.07, 6.45) is 0. The third kappa shape index (κ3) is 135. The molecule has 0 saturated heterocycles. The molecule has 0 fully saturated rings. The van der Waals surface area contributed by atoms with Gasteiger partial charge in [0, 0.05) is 0 Å². The number of hydrogen-bond donors (Lipinski definition) is 0. The minimum absolute atomic E-state index is 0. The summed E-state index contributed by atoms with van der Waals surface area (Å²) in [5.74, 6) is 0. The van der Waals surface area contributed by atoms with Gasteiger partial charge in [0.1, 0.15) is 0 Å². The minimum Gasteiger partial charge on any atom is -2.00 e. The van der Waals surface area contributed by atoms with E-state index in [0.29, 0.717) is 0 Å². The van der Waals surface area contributed by atoms with Gasteiger partial charge in [-0.05, 0) is 0 Å². The summed E-state index contributed by atoms with van der Waals surface area (Å²) in [4.78, 5) is 0. The first kappa shape index (κ1) is 294. The Hall–Kier alpha value is 1.20. The van der Waals surface area contributed by atoms with E-state index < -0.39 is 0 Å². The molecule has 40 valence electrons. The van der Waals surface area contributed by atoms with Crippen LogP contribution in [0.2, 0.25) is 0 Å². The van der Waals surface area contributed by atoms with E-state index in [1.54, 1.807) is 0 Å². The largest absolute Gasteiger partial charge is 6.00 e. The molecular formula is MoO5Ti. The van der Waals surface area contributed by atoms with Crippen LogP contribution in [0.1, 0.15) is 0 Å². The Morgan fingerprint density at radius 3 is 0.429 bits per heavy atom. The van der Waals surface area contributed by atoms with Crippen LogP contribution in [-0.2, 0) is 70.2 Å². The van der Waals surface area contributed by atoms with Crippen LogP contribution in [-0.4, -0.2) is 0 Å². The number of hydrogen-bond acceptors (Lipinski definition) is 0. The first-order valence-electron chi connectivity index (χ1n) is 0. The van der Waals surface area contributed by atoms with Crippen LogP contribution in [0.15, 0.2) is 0 Å². The van der Waals surface area contributed by atoms with Crippen LogP contribution in [0.4, 0.5) is 0 Å². The summed E-state index contributed by atoms with van der Waals surface area (Å²) in [5, 5.41) is 0. The molecule has 0 aromatic carbocycles. The van der Waals surface area contributed by atoms with Crippen molar-refractivity contribution < 1.29 is 70.2 Å². The maximum absolute atomic E-state index is 0. The molecule has 0 amide bonds. The van der Waals surface area contributed by atoms with Gasteiger partial charge in [-0.2, -0.15) is 0 Å². The fourth-order valence-electron chi connectivity index (χ4n) is 0. The summed E-state index contributed by atoms with van der Waals surface area (Å²) in [6, 6.07) is 0. The average Bonchev–Trinajstić information content (AvgIpc) is 0. The molecule has 0 saturated carbocycles. The molecule has 0 aromatic heterocycles. The van der Waals surface area contributed by atoms with Crippen LogP contribution >= 0.6 is 0 Å². The molecule has 0 aliphatic rings. The van der Waals surface area contributed by atoms with Gasteiger partial charge in [-0.1, -0.05) is 0 Å². The summed E-state index contributed by atoms with van der Waals surface area (Å²) in [5.41, 5.74) is 0. The second kappa shape index (κ2) is 192. The molecule has 0 aromatic rings. The van der Waals surface area contributed by atoms with Crippen molar-refractivity contribution in [1.29, 1.82) is 0 Å². The molecular weight excluding hydrogens is 224 g/mol. The van der Waals surface area contributed by atoms with Gasteiger partial charge in [0.2, 0.25) is 0 Å². The number of rotatable bonds is 0. The molecule has 7 heteroatoms. The van der Waals surface area contributed by atoms with E-state index in [2.05, 4.69) is 0 Å². The molecule has 0 bridgehead atoms. The fourth-order valence-corrected chi connectivity index (χ4v) is 0. The van der Waals surface area contributed by atoms with E-state index in [-0.39, 0.29) is 70.2 Å². The first-order chi connectivity index (χ1) is 0. The van der Waals surface area contributed by atoms with Crippen molar-refractivity contribution >= 4 is 0 Å². The van der Waals surface area contributed by atoms with Gasteiger partial charge in [-0.15, -0.1) is 0 Å². The second-order valence-corrected chi connectivity index (χ2v) is 0. The third-order valence-corrected chi connectivity index (χ3v) is 0. The van der Waals surface area contributed by atoms with Crippen LogP contribution in [0.25, 0.3) is 0 Å². The quantitative estimate of drug-likeness (QED) is 0.484. The van der Waals surface area contributed by atoms with E-state index in [0.717, 1.165) is 0 Å². The molecule has 0 spiro atoms. The van der Waals surface area contributed by atoms with Gasteiger partial charge in [0.25, 0.3) is 0 Å². The van der Waals surface area contributed by atoms with Crippen molar-refractivity contribution in [3.8, 4) is 0 Å². The zero-order chi connectivity index (χ0) is 0. The molecule has 0 N–H and O–H groups in total. The summed E-state index contributed by atoms with van der Waals surface area (Å²) in [6.45, 7) is 0. The molecule has 0 atom stereocenters. The molecule has 0 aliphatic heterocycles. The van der Waals surface area contributed by atoms with Crippen molar-refractivity contribution in [3.05, 3.63) is 0 Å². The van der Waals surface area contributed by atoms with E-state index in [4.69, 9.17) is 0 Å². The zero-order valence-electron chi connectivity index (χ0n) is 2.95. The van der Waals surface area contributed by atoms with E-state index >= 15 is 0 Å². The van der Waals surface area contributed by atoms with Crippen molar-refractivity contribution in [3.63, 3.8) is 0 Å².